The average Bonchev–Trinajstić information content (AvgIpc) is 2.81. The van der Waals surface area contributed by atoms with Gasteiger partial charge in [0.15, 0.2) is 0 Å². The number of hydrogen-bond donors (Lipinski definition) is 1. The van der Waals surface area contributed by atoms with Gasteiger partial charge in [0.25, 0.3) is 21.6 Å². The van der Waals surface area contributed by atoms with Crippen molar-refractivity contribution in [2.24, 2.45) is 5.10 Å². The van der Waals surface area contributed by atoms with Crippen LogP contribution in [0.2, 0.25) is 0 Å². The zero-order chi connectivity index (χ0) is 24.9. The number of rotatable bonds is 8. The first kappa shape index (κ1) is 25.1. The summed E-state index contributed by atoms with van der Waals surface area (Å²) in [6.07, 6.45) is 0. The molecule has 1 N–H and O–H groups in total. The van der Waals surface area contributed by atoms with Crippen molar-refractivity contribution in [3.8, 4) is 0 Å². The number of hydrogen-bond acceptors (Lipinski definition) is 6. The number of benzene rings is 3. The lowest BCUT2D eigenvalue weighted by Crippen LogP contribution is -2.39. The summed E-state index contributed by atoms with van der Waals surface area (Å²) < 4.78 is 28.4. The Kier molecular flexibility index (Phi) is 7.79. The molecule has 176 valence electrons. The molecule has 0 radical (unpaired) electrons. The summed E-state index contributed by atoms with van der Waals surface area (Å²) in [6, 6.07) is 18.7. The second-order valence-electron chi connectivity index (χ2n) is 7.34. The van der Waals surface area contributed by atoms with E-state index in [1.165, 1.54) is 30.3 Å². The van der Waals surface area contributed by atoms with Gasteiger partial charge in [-0.2, -0.15) is 5.10 Å². The Morgan fingerprint density at radius 2 is 1.76 bits per heavy atom. The third-order valence-electron chi connectivity index (χ3n) is 4.82. The standard InChI is InChI=1S/C23H21BrN4O5S/c1-16-9-11-22(12-10-16)34(32,33)27(20-7-4-6-19(24)14-20)15-23(29)26-25-17(2)18-5-3-8-21(13-18)28(30)31/h3-14H,15H2,1-2H3,(H,26,29)/b25-17-. The van der Waals surface area contributed by atoms with E-state index in [9.17, 15) is 23.3 Å². The monoisotopic (exact) mass is 544 g/mol. The van der Waals surface area contributed by atoms with Crippen LogP contribution in [0.15, 0.2) is 87.3 Å². The number of nitrogens with one attached hydrogen (secondary N) is 1. The highest BCUT2D eigenvalue weighted by Crippen LogP contribution is 2.26. The van der Waals surface area contributed by atoms with Crippen molar-refractivity contribution in [3.05, 3.63) is 98.5 Å². The van der Waals surface area contributed by atoms with Crippen LogP contribution >= 0.6 is 15.9 Å². The highest BCUT2D eigenvalue weighted by atomic mass is 79.9. The topological polar surface area (TPSA) is 122 Å². The summed E-state index contributed by atoms with van der Waals surface area (Å²) in [4.78, 5) is 23.2. The zero-order valence-electron chi connectivity index (χ0n) is 18.3. The SMILES string of the molecule is C/C(=N/NC(=O)CN(c1cccc(Br)c1)S(=O)(=O)c1ccc(C)cc1)c1cccc([N+](=O)[O-])c1. The minimum atomic E-state index is -4.06. The first-order valence-electron chi connectivity index (χ1n) is 10.0. The molecule has 0 aromatic heterocycles. The lowest BCUT2D eigenvalue weighted by Gasteiger charge is -2.24. The Balaban J connectivity index is 1.87. The van der Waals surface area contributed by atoms with Crippen LogP contribution < -0.4 is 9.73 Å². The number of hydrazone groups is 1. The van der Waals surface area contributed by atoms with E-state index in [1.807, 2.05) is 6.92 Å². The van der Waals surface area contributed by atoms with E-state index in [2.05, 4.69) is 26.5 Å². The molecule has 0 heterocycles. The molecule has 0 aliphatic heterocycles. The Labute approximate surface area is 205 Å². The maximum absolute atomic E-state index is 13.4. The number of carbonyl (C=O) groups is 1. The maximum Gasteiger partial charge on any atom is 0.270 e. The summed E-state index contributed by atoms with van der Waals surface area (Å²) >= 11 is 3.33. The van der Waals surface area contributed by atoms with E-state index < -0.39 is 27.4 Å². The second kappa shape index (κ2) is 10.6. The summed E-state index contributed by atoms with van der Waals surface area (Å²) in [6.45, 7) is 2.89. The Bertz CT molecular complexity index is 1360. The number of carbonyl (C=O) groups excluding carboxylic acids is 1. The van der Waals surface area contributed by atoms with Crippen molar-refractivity contribution in [2.45, 2.75) is 18.7 Å². The Morgan fingerprint density at radius 1 is 1.09 bits per heavy atom. The van der Waals surface area contributed by atoms with Crippen LogP contribution in [0.5, 0.6) is 0 Å². The quantitative estimate of drug-likeness (QED) is 0.256. The van der Waals surface area contributed by atoms with Crippen LogP contribution in [0.3, 0.4) is 0 Å². The van der Waals surface area contributed by atoms with Gasteiger partial charge in [-0.25, -0.2) is 13.8 Å². The molecule has 0 unspecified atom stereocenters. The molecular weight excluding hydrogens is 524 g/mol. The molecule has 0 atom stereocenters. The highest BCUT2D eigenvalue weighted by Gasteiger charge is 2.27. The predicted octanol–water partition coefficient (Wildman–Crippen LogP) is 4.40. The number of non-ortho nitro benzene ring substituents is 1. The van der Waals surface area contributed by atoms with Crippen molar-refractivity contribution in [1.29, 1.82) is 0 Å². The van der Waals surface area contributed by atoms with Crippen molar-refractivity contribution in [1.82, 2.24) is 5.43 Å². The van der Waals surface area contributed by atoms with Crippen molar-refractivity contribution in [3.63, 3.8) is 0 Å². The zero-order valence-corrected chi connectivity index (χ0v) is 20.7. The Hall–Kier alpha value is -3.57. The van der Waals surface area contributed by atoms with Gasteiger partial charge in [0.1, 0.15) is 6.54 Å². The molecule has 34 heavy (non-hydrogen) atoms. The second-order valence-corrected chi connectivity index (χ2v) is 10.1. The molecule has 9 nitrogen and oxygen atoms in total. The van der Waals surface area contributed by atoms with Gasteiger partial charge in [-0.05, 0) is 44.2 Å². The highest BCUT2D eigenvalue weighted by molar-refractivity contribution is 9.10. The fourth-order valence-electron chi connectivity index (χ4n) is 3.00. The number of nitro groups is 1. The summed E-state index contributed by atoms with van der Waals surface area (Å²) in [7, 11) is -4.06. The fourth-order valence-corrected chi connectivity index (χ4v) is 4.80. The smallest absolute Gasteiger partial charge is 0.270 e. The van der Waals surface area contributed by atoms with E-state index in [4.69, 9.17) is 0 Å². The molecule has 1 amide bonds. The van der Waals surface area contributed by atoms with Gasteiger partial charge in [-0.3, -0.25) is 19.2 Å². The molecule has 3 aromatic rings. The van der Waals surface area contributed by atoms with Crippen LogP contribution in [0.25, 0.3) is 0 Å². The average molecular weight is 545 g/mol. The predicted molar refractivity (Wildman–Crippen MR) is 133 cm³/mol. The maximum atomic E-state index is 13.4. The van der Waals surface area contributed by atoms with Gasteiger partial charge in [0.2, 0.25) is 0 Å². The van der Waals surface area contributed by atoms with E-state index in [1.54, 1.807) is 49.4 Å². The molecular formula is C23H21BrN4O5S. The number of nitrogens with zero attached hydrogens (tertiary/aromatic N) is 3. The molecule has 3 aromatic carbocycles. The molecule has 0 aliphatic rings. The first-order valence-corrected chi connectivity index (χ1v) is 12.2. The van der Waals surface area contributed by atoms with Crippen molar-refractivity contribution < 1.29 is 18.1 Å². The van der Waals surface area contributed by atoms with Gasteiger partial charge < -0.3 is 0 Å². The number of anilines is 1. The normalized spacial score (nSPS) is 11.7. The van der Waals surface area contributed by atoms with Crippen LogP contribution in [-0.2, 0) is 14.8 Å². The number of halogens is 1. The van der Waals surface area contributed by atoms with Gasteiger partial charge in [0.05, 0.1) is 21.2 Å². The molecule has 0 spiro atoms. The molecule has 0 aliphatic carbocycles. The van der Waals surface area contributed by atoms with Gasteiger partial charge in [0, 0.05) is 22.2 Å². The first-order chi connectivity index (χ1) is 16.1. The Morgan fingerprint density at radius 3 is 2.41 bits per heavy atom. The van der Waals surface area contributed by atoms with Gasteiger partial charge in [-0.1, -0.05) is 51.8 Å². The molecule has 0 bridgehead atoms. The molecule has 0 saturated carbocycles. The van der Waals surface area contributed by atoms with Crippen LogP contribution in [0, 0.1) is 17.0 Å². The fraction of sp³-hybridized carbons (Fsp3) is 0.130. The summed E-state index contributed by atoms with van der Waals surface area (Å²) in [5.74, 6) is -0.680. The van der Waals surface area contributed by atoms with Crippen LogP contribution in [0.4, 0.5) is 11.4 Å². The van der Waals surface area contributed by atoms with Gasteiger partial charge >= 0.3 is 0 Å². The number of aryl methyl sites for hydroxylation is 1. The minimum Gasteiger partial charge on any atom is -0.271 e. The lowest BCUT2D eigenvalue weighted by molar-refractivity contribution is -0.384. The molecule has 3 rings (SSSR count). The largest absolute Gasteiger partial charge is 0.271 e. The molecule has 0 fully saturated rings. The van der Waals surface area contributed by atoms with E-state index in [-0.39, 0.29) is 10.6 Å². The number of amides is 1. The lowest BCUT2D eigenvalue weighted by atomic mass is 10.1. The number of sulfonamides is 1. The summed E-state index contributed by atoms with van der Waals surface area (Å²) in [5.41, 5.74) is 4.20. The third kappa shape index (κ3) is 6.06. The van der Waals surface area contributed by atoms with Crippen molar-refractivity contribution >= 4 is 48.9 Å². The molecule has 0 saturated heterocycles. The van der Waals surface area contributed by atoms with E-state index in [0.717, 1.165) is 9.87 Å². The van der Waals surface area contributed by atoms with Crippen LogP contribution in [0.1, 0.15) is 18.1 Å². The molecule has 11 heteroatoms. The minimum absolute atomic E-state index is 0.0437. The third-order valence-corrected chi connectivity index (χ3v) is 7.10. The van der Waals surface area contributed by atoms with E-state index >= 15 is 0 Å². The number of nitro benzene ring substituents is 1. The summed E-state index contributed by atoms with van der Waals surface area (Å²) in [5, 5.41) is 15.0. The van der Waals surface area contributed by atoms with Crippen molar-refractivity contribution in [2.75, 3.05) is 10.8 Å². The van der Waals surface area contributed by atoms with Gasteiger partial charge in [-0.15, -0.1) is 0 Å². The van der Waals surface area contributed by atoms with Crippen LogP contribution in [-0.4, -0.2) is 31.5 Å². The van der Waals surface area contributed by atoms with E-state index in [0.29, 0.717) is 21.4 Å².